The summed E-state index contributed by atoms with van der Waals surface area (Å²) in [6.07, 6.45) is -5.11. The molecule has 0 aliphatic carbocycles. The van der Waals surface area contributed by atoms with Crippen LogP contribution in [-0.2, 0) is 30.5 Å². The Labute approximate surface area is 160 Å². The number of hydrogen-bond donors (Lipinski definition) is 1. The number of carbonyl (C=O) groups is 1. The Kier molecular flexibility index (Phi) is 6.53. The lowest BCUT2D eigenvalue weighted by Crippen LogP contribution is -2.42. The minimum atomic E-state index is -4.64. The van der Waals surface area contributed by atoms with Gasteiger partial charge in [-0.1, -0.05) is 0 Å². The van der Waals surface area contributed by atoms with Gasteiger partial charge in [0.1, 0.15) is 5.82 Å². The van der Waals surface area contributed by atoms with Crippen molar-refractivity contribution < 1.29 is 36.6 Å². The number of nitrogens with two attached hydrogens (primary N) is 1. The number of benzene rings is 1. The standard InChI is InChI=1S/C16H15F6N5O.H2O/c17-10-6-12(19)11(18)4-8(10)3-9(23)5-14(28)26-1-2-27-13(7-26)24-25-15(27)16(20,21)22;/h4,6,9H,1-3,5,7,23H2;1H2/t9-;/m1./s1. The van der Waals surface area contributed by atoms with Gasteiger partial charge < -0.3 is 20.7 Å². The first-order chi connectivity index (χ1) is 13.1. The lowest BCUT2D eigenvalue weighted by atomic mass is 10.0. The van der Waals surface area contributed by atoms with E-state index in [9.17, 15) is 31.1 Å². The largest absolute Gasteiger partial charge is 0.451 e. The summed E-state index contributed by atoms with van der Waals surface area (Å²) in [6.45, 7) is -0.302. The van der Waals surface area contributed by atoms with Gasteiger partial charge in [-0.2, -0.15) is 13.2 Å². The van der Waals surface area contributed by atoms with Gasteiger partial charge in [0, 0.05) is 31.6 Å². The van der Waals surface area contributed by atoms with Crippen LogP contribution in [0.25, 0.3) is 0 Å². The van der Waals surface area contributed by atoms with Gasteiger partial charge >= 0.3 is 6.18 Å². The Morgan fingerprint density at radius 2 is 1.76 bits per heavy atom. The van der Waals surface area contributed by atoms with Crippen molar-refractivity contribution in [1.29, 1.82) is 0 Å². The number of alkyl halides is 3. The summed E-state index contributed by atoms with van der Waals surface area (Å²) in [5.74, 6) is -5.15. The van der Waals surface area contributed by atoms with Crippen molar-refractivity contribution in [2.24, 2.45) is 5.73 Å². The average Bonchev–Trinajstić information content (AvgIpc) is 3.03. The minimum absolute atomic E-state index is 0. The molecule has 1 aromatic carbocycles. The summed E-state index contributed by atoms with van der Waals surface area (Å²) in [5, 5.41) is 6.60. The van der Waals surface area contributed by atoms with E-state index in [0.29, 0.717) is 12.1 Å². The van der Waals surface area contributed by atoms with E-state index < -0.39 is 41.4 Å². The van der Waals surface area contributed by atoms with E-state index in [1.54, 1.807) is 0 Å². The highest BCUT2D eigenvalue weighted by Gasteiger charge is 2.39. The third kappa shape index (κ3) is 4.85. The predicted octanol–water partition coefficient (Wildman–Crippen LogP) is 1.19. The molecule has 1 amide bonds. The molecule has 13 heteroatoms. The van der Waals surface area contributed by atoms with Gasteiger partial charge in [0.25, 0.3) is 0 Å². The Bertz CT molecular complexity index is 901. The SMILES string of the molecule is N[C@@H](CC(=O)N1CCn2c(nnc2C(F)(F)F)C1)Cc1cc(F)c(F)cc1F.O. The Balaban J connectivity index is 0.00000300. The molecule has 0 saturated carbocycles. The normalized spacial score (nSPS) is 14.9. The Morgan fingerprint density at radius 1 is 1.10 bits per heavy atom. The van der Waals surface area contributed by atoms with Crippen LogP contribution in [0.5, 0.6) is 0 Å². The number of fused-ring (bicyclic) bond motifs is 1. The molecule has 1 aliphatic heterocycles. The van der Waals surface area contributed by atoms with Crippen LogP contribution in [-0.4, -0.2) is 43.6 Å². The molecule has 160 valence electrons. The molecule has 4 N–H and O–H groups in total. The number of nitrogens with zero attached hydrogens (tertiary/aromatic N) is 4. The molecule has 1 aliphatic rings. The maximum absolute atomic E-state index is 13.7. The van der Waals surface area contributed by atoms with Crippen molar-refractivity contribution in [2.75, 3.05) is 6.54 Å². The van der Waals surface area contributed by atoms with Gasteiger partial charge in [-0.25, -0.2) is 13.2 Å². The predicted molar refractivity (Wildman–Crippen MR) is 86.7 cm³/mol. The van der Waals surface area contributed by atoms with Crippen molar-refractivity contribution in [2.45, 2.75) is 38.1 Å². The van der Waals surface area contributed by atoms with Gasteiger partial charge in [-0.15, -0.1) is 10.2 Å². The first kappa shape index (κ1) is 22.6. The first-order valence-electron chi connectivity index (χ1n) is 8.22. The van der Waals surface area contributed by atoms with Gasteiger partial charge in [0.15, 0.2) is 17.5 Å². The zero-order valence-electron chi connectivity index (χ0n) is 14.8. The van der Waals surface area contributed by atoms with Crippen molar-refractivity contribution in [1.82, 2.24) is 19.7 Å². The van der Waals surface area contributed by atoms with Crippen molar-refractivity contribution in [3.05, 3.63) is 46.8 Å². The molecule has 1 aromatic heterocycles. The highest BCUT2D eigenvalue weighted by atomic mass is 19.4. The molecule has 0 unspecified atom stereocenters. The summed E-state index contributed by atoms with van der Waals surface area (Å²) in [6, 6.07) is 0.184. The van der Waals surface area contributed by atoms with Crippen molar-refractivity contribution in [3.8, 4) is 0 Å². The molecule has 0 radical (unpaired) electrons. The summed E-state index contributed by atoms with van der Waals surface area (Å²) >= 11 is 0. The molecule has 0 saturated heterocycles. The number of halogens is 6. The second-order valence-corrected chi connectivity index (χ2v) is 6.43. The third-order valence-electron chi connectivity index (χ3n) is 4.37. The number of carbonyl (C=O) groups excluding carboxylic acids is 1. The molecule has 2 aromatic rings. The zero-order chi connectivity index (χ0) is 20.6. The second-order valence-electron chi connectivity index (χ2n) is 6.43. The zero-order valence-corrected chi connectivity index (χ0v) is 14.8. The molecule has 0 spiro atoms. The highest BCUT2D eigenvalue weighted by molar-refractivity contribution is 5.76. The Morgan fingerprint density at radius 3 is 2.41 bits per heavy atom. The number of amides is 1. The topological polar surface area (TPSA) is 109 Å². The summed E-state index contributed by atoms with van der Waals surface area (Å²) in [4.78, 5) is 13.6. The third-order valence-corrected chi connectivity index (χ3v) is 4.37. The maximum Gasteiger partial charge on any atom is 0.451 e. The summed E-state index contributed by atoms with van der Waals surface area (Å²) in [7, 11) is 0. The molecule has 0 bridgehead atoms. The molecule has 3 rings (SSSR count). The van der Waals surface area contributed by atoms with E-state index in [0.717, 1.165) is 4.57 Å². The quantitative estimate of drug-likeness (QED) is 0.586. The van der Waals surface area contributed by atoms with Crippen LogP contribution >= 0.6 is 0 Å². The fraction of sp³-hybridized carbons (Fsp3) is 0.438. The fourth-order valence-corrected chi connectivity index (χ4v) is 3.01. The number of rotatable bonds is 4. The van der Waals surface area contributed by atoms with E-state index in [-0.39, 0.29) is 49.3 Å². The lowest BCUT2D eigenvalue weighted by molar-refractivity contribution is -0.148. The van der Waals surface area contributed by atoms with E-state index in [4.69, 9.17) is 5.73 Å². The van der Waals surface area contributed by atoms with Crippen LogP contribution in [0.2, 0.25) is 0 Å². The molecular weight excluding hydrogens is 408 g/mol. The van der Waals surface area contributed by atoms with Gasteiger partial charge in [-0.05, 0) is 18.1 Å². The van der Waals surface area contributed by atoms with E-state index in [1.807, 2.05) is 0 Å². The Hall–Kier alpha value is -2.67. The summed E-state index contributed by atoms with van der Waals surface area (Å²) < 4.78 is 79.3. The van der Waals surface area contributed by atoms with Crippen LogP contribution in [0.1, 0.15) is 23.6 Å². The van der Waals surface area contributed by atoms with E-state index >= 15 is 0 Å². The van der Waals surface area contributed by atoms with Crippen molar-refractivity contribution in [3.63, 3.8) is 0 Å². The smallest absolute Gasteiger partial charge is 0.412 e. The molecule has 2 heterocycles. The monoisotopic (exact) mass is 425 g/mol. The second kappa shape index (κ2) is 8.37. The van der Waals surface area contributed by atoms with Gasteiger partial charge in [-0.3, -0.25) is 4.79 Å². The molecule has 0 fully saturated rings. The minimum Gasteiger partial charge on any atom is -0.412 e. The van der Waals surface area contributed by atoms with Gasteiger partial charge in [0.2, 0.25) is 11.7 Å². The van der Waals surface area contributed by atoms with Crippen molar-refractivity contribution >= 4 is 5.91 Å². The maximum atomic E-state index is 13.7. The molecule has 7 nitrogen and oxygen atoms in total. The molecular formula is C16H17F6N5O2. The first-order valence-corrected chi connectivity index (χ1v) is 8.22. The van der Waals surface area contributed by atoms with Gasteiger partial charge in [0.05, 0.1) is 6.54 Å². The summed E-state index contributed by atoms with van der Waals surface area (Å²) in [5.41, 5.74) is 5.64. The molecule has 29 heavy (non-hydrogen) atoms. The number of hydrogen-bond acceptors (Lipinski definition) is 4. The van der Waals surface area contributed by atoms with Crippen LogP contribution in [0.4, 0.5) is 26.3 Å². The van der Waals surface area contributed by atoms with E-state index in [2.05, 4.69) is 10.2 Å². The fourth-order valence-electron chi connectivity index (χ4n) is 3.01. The van der Waals surface area contributed by atoms with Crippen LogP contribution < -0.4 is 5.73 Å². The number of aromatic nitrogens is 3. The van der Waals surface area contributed by atoms with Crippen LogP contribution in [0.15, 0.2) is 12.1 Å². The molecule has 1 atom stereocenters. The van der Waals surface area contributed by atoms with Crippen LogP contribution in [0, 0.1) is 17.5 Å². The van der Waals surface area contributed by atoms with E-state index in [1.165, 1.54) is 4.90 Å². The lowest BCUT2D eigenvalue weighted by Gasteiger charge is -2.29. The van der Waals surface area contributed by atoms with Crippen LogP contribution in [0.3, 0.4) is 0 Å². The highest BCUT2D eigenvalue weighted by Crippen LogP contribution is 2.29. The average molecular weight is 425 g/mol.